The molecule has 1 saturated heterocycles. The number of hydrogen-bond donors (Lipinski definition) is 0. The zero-order valence-electron chi connectivity index (χ0n) is 11.4. The van der Waals surface area contributed by atoms with Crippen LogP contribution in [0.25, 0.3) is 0 Å². The predicted molar refractivity (Wildman–Crippen MR) is 72.2 cm³/mol. The highest BCUT2D eigenvalue weighted by Crippen LogP contribution is 2.25. The van der Waals surface area contributed by atoms with Crippen LogP contribution in [0.2, 0.25) is 0 Å². The zero-order chi connectivity index (χ0) is 13.3. The molecule has 18 heavy (non-hydrogen) atoms. The first-order valence-electron chi connectivity index (χ1n) is 6.31. The van der Waals surface area contributed by atoms with Crippen LogP contribution in [0.4, 0.5) is 0 Å². The molecular weight excluding hydrogens is 227 g/mol. The Bertz CT molecular complexity index is 439. The second-order valence-electron chi connectivity index (χ2n) is 5.54. The summed E-state index contributed by atoms with van der Waals surface area (Å²) in [6.45, 7) is 7.76. The van der Waals surface area contributed by atoms with Gasteiger partial charge in [-0.2, -0.15) is 0 Å². The summed E-state index contributed by atoms with van der Waals surface area (Å²) < 4.78 is 11.7. The number of rotatable bonds is 2. The Labute approximate surface area is 109 Å². The quantitative estimate of drug-likeness (QED) is 0.592. The Kier molecular flexibility index (Phi) is 3.60. The van der Waals surface area contributed by atoms with Crippen molar-refractivity contribution in [2.45, 2.75) is 45.8 Å². The first kappa shape index (κ1) is 13.3. The van der Waals surface area contributed by atoms with Crippen LogP contribution < -0.4 is 5.46 Å². The van der Waals surface area contributed by atoms with Crippen molar-refractivity contribution in [3.05, 3.63) is 29.8 Å². The Morgan fingerprint density at radius 3 is 2.44 bits per heavy atom. The average Bonchev–Trinajstić information content (AvgIpc) is 2.26. The van der Waals surface area contributed by atoms with E-state index in [-0.39, 0.29) is 24.6 Å². The molecule has 0 bridgehead atoms. The number of carbonyl (C=O) groups excluding carboxylic acids is 1. The minimum Gasteiger partial charge on any atom is -0.405 e. The van der Waals surface area contributed by atoms with Crippen molar-refractivity contribution in [2.75, 3.05) is 0 Å². The van der Waals surface area contributed by atoms with E-state index in [1.54, 1.807) is 6.92 Å². The van der Waals surface area contributed by atoms with Gasteiger partial charge in [0.25, 0.3) is 0 Å². The minimum absolute atomic E-state index is 0.0701. The standard InChI is InChI=1S/C14H19BO3/c1-10-9-14(3,4)18-15(17-10)13-7-5-12(6-8-13)11(2)16/h5-8,10H,9H2,1-4H3/t10-/m0/s1. The summed E-state index contributed by atoms with van der Waals surface area (Å²) in [7, 11) is -0.343. The number of Topliss-reactive ketones (excluding diaryl/α,β-unsaturated/α-hetero) is 1. The van der Waals surface area contributed by atoms with Crippen LogP contribution in [0, 0.1) is 0 Å². The van der Waals surface area contributed by atoms with Gasteiger partial charge in [-0.15, -0.1) is 0 Å². The first-order chi connectivity index (χ1) is 8.37. The monoisotopic (exact) mass is 246 g/mol. The van der Waals surface area contributed by atoms with Crippen LogP contribution in [-0.2, 0) is 9.31 Å². The molecule has 1 aliphatic rings. The van der Waals surface area contributed by atoms with E-state index in [0.29, 0.717) is 5.56 Å². The molecule has 1 heterocycles. The normalized spacial score (nSPS) is 22.9. The molecule has 4 heteroatoms. The van der Waals surface area contributed by atoms with E-state index in [9.17, 15) is 4.79 Å². The summed E-state index contributed by atoms with van der Waals surface area (Å²) in [5, 5.41) is 0. The average molecular weight is 246 g/mol. The summed E-state index contributed by atoms with van der Waals surface area (Å²) in [6.07, 6.45) is 1.06. The Morgan fingerprint density at radius 1 is 1.33 bits per heavy atom. The third-order valence-electron chi connectivity index (χ3n) is 3.15. The third-order valence-corrected chi connectivity index (χ3v) is 3.15. The lowest BCUT2D eigenvalue weighted by Gasteiger charge is -2.38. The zero-order valence-corrected chi connectivity index (χ0v) is 11.4. The summed E-state index contributed by atoms with van der Waals surface area (Å²) in [5.41, 5.74) is 1.49. The number of carbonyl (C=O) groups is 1. The van der Waals surface area contributed by atoms with E-state index < -0.39 is 0 Å². The van der Waals surface area contributed by atoms with Crippen molar-refractivity contribution in [3.8, 4) is 0 Å². The molecule has 0 N–H and O–H groups in total. The molecule has 96 valence electrons. The van der Waals surface area contributed by atoms with Gasteiger partial charge in [0.05, 0.1) is 5.60 Å². The molecule has 0 unspecified atom stereocenters. The first-order valence-corrected chi connectivity index (χ1v) is 6.31. The minimum atomic E-state index is -0.343. The maximum Gasteiger partial charge on any atom is 0.494 e. The fraction of sp³-hybridized carbons (Fsp3) is 0.500. The van der Waals surface area contributed by atoms with Crippen molar-refractivity contribution in [1.82, 2.24) is 0 Å². The molecule has 1 aliphatic heterocycles. The lowest BCUT2D eigenvalue weighted by molar-refractivity contribution is -0.0229. The number of hydrogen-bond acceptors (Lipinski definition) is 3. The van der Waals surface area contributed by atoms with Gasteiger partial charge in [-0.05, 0) is 39.6 Å². The van der Waals surface area contributed by atoms with Crippen LogP contribution in [0.5, 0.6) is 0 Å². The van der Waals surface area contributed by atoms with Gasteiger partial charge in [0.1, 0.15) is 0 Å². The molecule has 1 fully saturated rings. The largest absolute Gasteiger partial charge is 0.494 e. The molecule has 0 radical (unpaired) electrons. The molecule has 1 atom stereocenters. The van der Waals surface area contributed by atoms with E-state index in [1.165, 1.54) is 0 Å². The summed E-state index contributed by atoms with van der Waals surface area (Å²) in [4.78, 5) is 11.2. The molecule has 2 rings (SSSR count). The van der Waals surface area contributed by atoms with Crippen molar-refractivity contribution in [1.29, 1.82) is 0 Å². The smallest absolute Gasteiger partial charge is 0.405 e. The van der Waals surface area contributed by atoms with Gasteiger partial charge in [-0.25, -0.2) is 0 Å². The van der Waals surface area contributed by atoms with Gasteiger partial charge in [-0.3, -0.25) is 4.79 Å². The van der Waals surface area contributed by atoms with Gasteiger partial charge in [0, 0.05) is 11.7 Å². The molecule has 0 amide bonds. The van der Waals surface area contributed by atoms with E-state index in [0.717, 1.165) is 11.9 Å². The van der Waals surface area contributed by atoms with Gasteiger partial charge >= 0.3 is 7.12 Å². The molecule has 0 aromatic heterocycles. The van der Waals surface area contributed by atoms with Crippen LogP contribution in [0.15, 0.2) is 24.3 Å². The topological polar surface area (TPSA) is 35.5 Å². The fourth-order valence-corrected chi connectivity index (χ4v) is 2.34. The number of ketones is 1. The highest BCUT2D eigenvalue weighted by molar-refractivity contribution is 6.61. The third kappa shape index (κ3) is 3.00. The van der Waals surface area contributed by atoms with E-state index >= 15 is 0 Å². The molecule has 0 saturated carbocycles. The molecule has 1 aromatic carbocycles. The predicted octanol–water partition coefficient (Wildman–Crippen LogP) is 2.19. The lowest BCUT2D eigenvalue weighted by Crippen LogP contribution is -2.51. The van der Waals surface area contributed by atoms with Crippen LogP contribution in [0.1, 0.15) is 44.5 Å². The van der Waals surface area contributed by atoms with Crippen LogP contribution >= 0.6 is 0 Å². The van der Waals surface area contributed by atoms with E-state index in [2.05, 4.69) is 20.8 Å². The summed E-state index contributed by atoms with van der Waals surface area (Å²) >= 11 is 0. The second kappa shape index (κ2) is 4.86. The molecule has 0 aliphatic carbocycles. The Balaban J connectivity index is 2.18. The van der Waals surface area contributed by atoms with E-state index in [4.69, 9.17) is 9.31 Å². The van der Waals surface area contributed by atoms with Crippen molar-refractivity contribution >= 4 is 18.4 Å². The van der Waals surface area contributed by atoms with Gasteiger partial charge in [0.15, 0.2) is 5.78 Å². The SMILES string of the molecule is CC(=O)c1ccc(B2O[C@@H](C)CC(C)(C)O2)cc1. The summed E-state index contributed by atoms with van der Waals surface area (Å²) in [5.74, 6) is 0.0701. The second-order valence-corrected chi connectivity index (χ2v) is 5.54. The van der Waals surface area contributed by atoms with Crippen molar-refractivity contribution in [2.24, 2.45) is 0 Å². The molecule has 0 spiro atoms. The molecule has 1 aromatic rings. The van der Waals surface area contributed by atoms with Crippen LogP contribution in [0.3, 0.4) is 0 Å². The van der Waals surface area contributed by atoms with Gasteiger partial charge in [-0.1, -0.05) is 24.3 Å². The Morgan fingerprint density at radius 2 is 1.94 bits per heavy atom. The number of benzene rings is 1. The molecular formula is C14H19BO3. The maximum atomic E-state index is 11.2. The van der Waals surface area contributed by atoms with Crippen molar-refractivity contribution in [3.63, 3.8) is 0 Å². The van der Waals surface area contributed by atoms with Crippen molar-refractivity contribution < 1.29 is 14.1 Å². The Hall–Kier alpha value is -1.13. The van der Waals surface area contributed by atoms with Crippen LogP contribution in [-0.4, -0.2) is 24.6 Å². The maximum absolute atomic E-state index is 11.2. The van der Waals surface area contributed by atoms with Gasteiger partial charge < -0.3 is 9.31 Å². The lowest BCUT2D eigenvalue weighted by atomic mass is 9.74. The molecule has 3 nitrogen and oxygen atoms in total. The van der Waals surface area contributed by atoms with Gasteiger partial charge in [0.2, 0.25) is 0 Å². The fourth-order valence-electron chi connectivity index (χ4n) is 2.34. The highest BCUT2D eigenvalue weighted by atomic mass is 16.6. The highest BCUT2D eigenvalue weighted by Gasteiger charge is 2.37. The van der Waals surface area contributed by atoms with E-state index in [1.807, 2.05) is 24.3 Å². The summed E-state index contributed by atoms with van der Waals surface area (Å²) in [6, 6.07) is 7.43.